The van der Waals surface area contributed by atoms with Crippen LogP contribution < -0.4 is 5.32 Å². The van der Waals surface area contributed by atoms with Gasteiger partial charge in [0.05, 0.1) is 5.69 Å². The van der Waals surface area contributed by atoms with E-state index in [2.05, 4.69) is 10.3 Å². The normalized spacial score (nSPS) is 12.3. The molecular formula is C14H19N3OS. The molecule has 0 saturated heterocycles. The molecule has 1 aromatic heterocycles. The summed E-state index contributed by atoms with van der Waals surface area (Å²) in [5.41, 5.74) is 1.96. The number of para-hydroxylation sites is 1. The Morgan fingerprint density at radius 2 is 2.05 bits per heavy atom. The quantitative estimate of drug-likeness (QED) is 0.883. The summed E-state index contributed by atoms with van der Waals surface area (Å²) >= 11 is 0. The van der Waals surface area contributed by atoms with Crippen LogP contribution in [-0.4, -0.2) is 25.3 Å². The van der Waals surface area contributed by atoms with Gasteiger partial charge < -0.3 is 9.88 Å². The van der Waals surface area contributed by atoms with Crippen LogP contribution in [0.15, 0.2) is 36.5 Å². The predicted octanol–water partition coefficient (Wildman–Crippen LogP) is 2.70. The molecule has 0 aliphatic rings. The third-order valence-electron chi connectivity index (χ3n) is 2.81. The van der Waals surface area contributed by atoms with E-state index in [0.717, 1.165) is 23.9 Å². The minimum Gasteiger partial charge on any atom is -0.326 e. The van der Waals surface area contributed by atoms with Gasteiger partial charge in [-0.3, -0.25) is 4.21 Å². The summed E-state index contributed by atoms with van der Waals surface area (Å²) in [6.45, 7) is 4.62. The number of nitrogens with one attached hydrogen (secondary N) is 1. The second-order valence-corrected chi connectivity index (χ2v) is 6.19. The molecule has 0 bridgehead atoms. The highest BCUT2D eigenvalue weighted by atomic mass is 32.2. The fourth-order valence-corrected chi connectivity index (χ4v) is 2.50. The Hall–Kier alpha value is -1.62. The summed E-state index contributed by atoms with van der Waals surface area (Å²) < 4.78 is 13.5. The summed E-state index contributed by atoms with van der Waals surface area (Å²) in [5, 5.41) is 3.29. The molecule has 1 unspecified atom stereocenters. The Bertz CT molecular complexity index is 551. The van der Waals surface area contributed by atoms with E-state index >= 15 is 0 Å². The van der Waals surface area contributed by atoms with Gasteiger partial charge in [0, 0.05) is 40.7 Å². The second-order valence-electron chi connectivity index (χ2n) is 4.32. The average molecular weight is 277 g/mol. The van der Waals surface area contributed by atoms with Crippen molar-refractivity contribution in [3.8, 4) is 0 Å². The molecule has 0 radical (unpaired) electrons. The van der Waals surface area contributed by atoms with Gasteiger partial charge in [-0.25, -0.2) is 4.98 Å². The standard InChI is InChI=1S/C14H19N3OS/c1-3-19(18)10-9-17-11-12(2)15-14(17)16-13-7-5-4-6-8-13/h4-8,11H,3,9-10H2,1-2H3,(H,15,16). The molecule has 102 valence electrons. The largest absolute Gasteiger partial charge is 0.326 e. The van der Waals surface area contributed by atoms with Gasteiger partial charge >= 0.3 is 0 Å². The summed E-state index contributed by atoms with van der Waals surface area (Å²) in [4.78, 5) is 4.46. The molecule has 0 spiro atoms. The van der Waals surface area contributed by atoms with Crippen LogP contribution in [0.3, 0.4) is 0 Å². The molecule has 1 atom stereocenters. The lowest BCUT2D eigenvalue weighted by atomic mass is 10.3. The van der Waals surface area contributed by atoms with Crippen molar-refractivity contribution in [3.05, 3.63) is 42.2 Å². The molecule has 1 heterocycles. The van der Waals surface area contributed by atoms with Crippen LogP contribution in [0.1, 0.15) is 12.6 Å². The van der Waals surface area contributed by atoms with E-state index in [9.17, 15) is 4.21 Å². The maximum Gasteiger partial charge on any atom is 0.207 e. The number of imidazole rings is 1. The third-order valence-corrected chi connectivity index (χ3v) is 4.09. The van der Waals surface area contributed by atoms with Crippen molar-refractivity contribution in [1.29, 1.82) is 0 Å². The van der Waals surface area contributed by atoms with Gasteiger partial charge in [0.15, 0.2) is 0 Å². The molecule has 2 rings (SSSR count). The highest BCUT2D eigenvalue weighted by molar-refractivity contribution is 7.84. The van der Waals surface area contributed by atoms with Crippen LogP contribution in [0.5, 0.6) is 0 Å². The minimum absolute atomic E-state index is 0.662. The molecule has 19 heavy (non-hydrogen) atoms. The van der Waals surface area contributed by atoms with Gasteiger partial charge in [-0.2, -0.15) is 0 Å². The van der Waals surface area contributed by atoms with E-state index in [1.807, 2.05) is 54.9 Å². The van der Waals surface area contributed by atoms with Crippen molar-refractivity contribution in [2.75, 3.05) is 16.8 Å². The highest BCUT2D eigenvalue weighted by Crippen LogP contribution is 2.15. The smallest absolute Gasteiger partial charge is 0.207 e. The van der Waals surface area contributed by atoms with Crippen molar-refractivity contribution in [2.45, 2.75) is 20.4 Å². The third kappa shape index (κ3) is 3.92. The highest BCUT2D eigenvalue weighted by Gasteiger charge is 2.07. The summed E-state index contributed by atoms with van der Waals surface area (Å²) in [6, 6.07) is 9.94. The molecule has 2 aromatic rings. The van der Waals surface area contributed by atoms with Crippen LogP contribution in [0, 0.1) is 6.92 Å². The Labute approximate surface area is 116 Å². The van der Waals surface area contributed by atoms with Crippen LogP contribution in [0.2, 0.25) is 0 Å². The molecular weight excluding hydrogens is 258 g/mol. The van der Waals surface area contributed by atoms with Gasteiger partial charge in [-0.05, 0) is 19.1 Å². The molecule has 5 heteroatoms. The van der Waals surface area contributed by atoms with Crippen LogP contribution >= 0.6 is 0 Å². The first-order valence-electron chi connectivity index (χ1n) is 6.40. The zero-order chi connectivity index (χ0) is 13.7. The first-order chi connectivity index (χ1) is 9.19. The van der Waals surface area contributed by atoms with Gasteiger partial charge in [-0.15, -0.1) is 0 Å². The fraction of sp³-hybridized carbons (Fsp3) is 0.357. The average Bonchev–Trinajstić information content (AvgIpc) is 2.77. The predicted molar refractivity (Wildman–Crippen MR) is 80.2 cm³/mol. The Morgan fingerprint density at radius 3 is 2.74 bits per heavy atom. The van der Waals surface area contributed by atoms with Crippen molar-refractivity contribution in [1.82, 2.24) is 9.55 Å². The zero-order valence-electron chi connectivity index (χ0n) is 11.3. The van der Waals surface area contributed by atoms with Crippen LogP contribution in [0.25, 0.3) is 0 Å². The lowest BCUT2D eigenvalue weighted by Crippen LogP contribution is -2.10. The maximum absolute atomic E-state index is 11.5. The molecule has 0 saturated carbocycles. The minimum atomic E-state index is -0.749. The number of hydrogen-bond acceptors (Lipinski definition) is 3. The van der Waals surface area contributed by atoms with Crippen molar-refractivity contribution in [2.24, 2.45) is 0 Å². The van der Waals surface area contributed by atoms with Crippen LogP contribution in [-0.2, 0) is 17.3 Å². The monoisotopic (exact) mass is 277 g/mol. The van der Waals surface area contributed by atoms with E-state index in [0.29, 0.717) is 11.5 Å². The Balaban J connectivity index is 2.10. The van der Waals surface area contributed by atoms with E-state index in [1.165, 1.54) is 0 Å². The molecule has 0 aliphatic heterocycles. The van der Waals surface area contributed by atoms with Crippen molar-refractivity contribution >= 4 is 22.4 Å². The van der Waals surface area contributed by atoms with E-state index in [4.69, 9.17) is 0 Å². The second kappa shape index (κ2) is 6.52. The van der Waals surface area contributed by atoms with Gasteiger partial charge in [0.2, 0.25) is 5.95 Å². The molecule has 4 nitrogen and oxygen atoms in total. The maximum atomic E-state index is 11.5. The number of rotatable bonds is 6. The fourth-order valence-electron chi connectivity index (χ4n) is 1.81. The lowest BCUT2D eigenvalue weighted by molar-refractivity contribution is 0.675. The van der Waals surface area contributed by atoms with Crippen molar-refractivity contribution < 1.29 is 4.21 Å². The number of benzene rings is 1. The van der Waals surface area contributed by atoms with Gasteiger partial charge in [0.1, 0.15) is 0 Å². The zero-order valence-corrected chi connectivity index (χ0v) is 12.1. The molecule has 0 aliphatic carbocycles. The number of nitrogens with zero attached hydrogens (tertiary/aromatic N) is 2. The van der Waals surface area contributed by atoms with Crippen molar-refractivity contribution in [3.63, 3.8) is 0 Å². The van der Waals surface area contributed by atoms with E-state index in [1.54, 1.807) is 0 Å². The van der Waals surface area contributed by atoms with Gasteiger partial charge in [0.25, 0.3) is 0 Å². The molecule has 1 aromatic carbocycles. The molecule has 0 amide bonds. The SMILES string of the molecule is CCS(=O)CCn1cc(C)nc1Nc1ccccc1. The van der Waals surface area contributed by atoms with E-state index < -0.39 is 10.8 Å². The number of anilines is 2. The summed E-state index contributed by atoms with van der Waals surface area (Å²) in [5.74, 6) is 2.17. The summed E-state index contributed by atoms with van der Waals surface area (Å²) in [6.07, 6.45) is 1.98. The van der Waals surface area contributed by atoms with Crippen LogP contribution in [0.4, 0.5) is 11.6 Å². The lowest BCUT2D eigenvalue weighted by Gasteiger charge is -2.09. The Kier molecular flexibility index (Phi) is 4.74. The number of hydrogen-bond donors (Lipinski definition) is 1. The summed E-state index contributed by atoms with van der Waals surface area (Å²) in [7, 11) is -0.749. The molecule has 1 N–H and O–H groups in total. The first kappa shape index (κ1) is 13.8. The Morgan fingerprint density at radius 1 is 1.32 bits per heavy atom. The molecule has 0 fully saturated rings. The topological polar surface area (TPSA) is 46.9 Å². The number of aryl methyl sites for hydroxylation is 2. The van der Waals surface area contributed by atoms with Gasteiger partial charge in [-0.1, -0.05) is 25.1 Å². The van der Waals surface area contributed by atoms with E-state index in [-0.39, 0.29) is 0 Å². The number of aromatic nitrogens is 2. The first-order valence-corrected chi connectivity index (χ1v) is 7.88.